The molecule has 1 aliphatic rings. The molecule has 9 aromatic rings. The number of benzene rings is 5. The number of para-hydroxylation sites is 1. The van der Waals surface area contributed by atoms with Crippen molar-refractivity contribution >= 4 is 66.7 Å². The van der Waals surface area contributed by atoms with Crippen LogP contribution in [0, 0.1) is 18.1 Å². The number of fused-ring (bicyclic) bond motifs is 6. The zero-order valence-corrected chi connectivity index (χ0v) is 36.1. The fourth-order valence-electron chi connectivity index (χ4n) is 7.70. The van der Waals surface area contributed by atoms with Crippen molar-refractivity contribution in [3.63, 3.8) is 0 Å². The molecular weight excluding hydrogens is 897 g/mol. The fourth-order valence-corrected chi connectivity index (χ4v) is 9.98. The predicted octanol–water partition coefficient (Wildman–Crippen LogP) is 13.7. The Bertz CT molecular complexity index is 2860. The second kappa shape index (κ2) is 16.4. The maximum atomic E-state index is 8.91. The normalized spacial score (nSPS) is 14.3. The van der Waals surface area contributed by atoms with Gasteiger partial charge in [0, 0.05) is 45.3 Å². The van der Waals surface area contributed by atoms with Crippen molar-refractivity contribution in [1.82, 2.24) is 9.97 Å². The third kappa shape index (κ3) is 7.94. The van der Waals surface area contributed by atoms with Crippen LogP contribution in [0.4, 0.5) is 0 Å². The maximum Gasteiger partial charge on any atom is 0.120 e. The van der Waals surface area contributed by atoms with Crippen LogP contribution in [0.3, 0.4) is 0 Å². The summed E-state index contributed by atoms with van der Waals surface area (Å²) in [6.45, 7) is 7.00. The van der Waals surface area contributed by atoms with Gasteiger partial charge in [0.1, 0.15) is 5.58 Å². The zero-order chi connectivity index (χ0) is 39.1. The molecule has 0 bridgehead atoms. The number of thiophene rings is 1. The summed E-state index contributed by atoms with van der Waals surface area (Å²) in [6, 6.07) is 48.2. The van der Waals surface area contributed by atoms with Gasteiger partial charge in [0.2, 0.25) is 0 Å². The Balaban J connectivity index is 0.000000171. The summed E-state index contributed by atoms with van der Waals surface area (Å²) in [6.07, 6.45) is 7.86. The first-order valence-corrected chi connectivity index (χ1v) is 23.6. The van der Waals surface area contributed by atoms with Crippen LogP contribution in [0.25, 0.3) is 75.8 Å². The Morgan fingerprint density at radius 3 is 2.36 bits per heavy atom. The third-order valence-electron chi connectivity index (χ3n) is 10.7. The molecule has 0 saturated heterocycles. The smallest absolute Gasteiger partial charge is 0.120 e. The minimum Gasteiger partial charge on any atom is -0.500 e. The van der Waals surface area contributed by atoms with Crippen molar-refractivity contribution in [2.75, 3.05) is 0 Å². The molecule has 281 valence electrons. The van der Waals surface area contributed by atoms with Crippen molar-refractivity contribution in [2.45, 2.75) is 58.1 Å². The van der Waals surface area contributed by atoms with Gasteiger partial charge in [-0.1, -0.05) is 147 Å². The van der Waals surface area contributed by atoms with E-state index in [1.54, 1.807) is 17.5 Å². The molecule has 0 aliphatic heterocycles. The van der Waals surface area contributed by atoms with Gasteiger partial charge in [-0.05, 0) is 68.3 Å². The molecule has 1 aliphatic carbocycles. The Morgan fingerprint density at radius 2 is 1.55 bits per heavy atom. The summed E-state index contributed by atoms with van der Waals surface area (Å²) in [5.74, 6) is 0.0806. The minimum atomic E-state index is -1.34. The van der Waals surface area contributed by atoms with E-state index < -0.39 is 14.4 Å². The third-order valence-corrected chi connectivity index (χ3v) is 14.0. The first-order chi connectivity index (χ1) is 27.6. The molecule has 0 unspecified atom stereocenters. The van der Waals surface area contributed by atoms with Crippen LogP contribution in [0.5, 0.6) is 0 Å². The molecule has 1 radical (unpaired) electrons. The van der Waals surface area contributed by atoms with E-state index in [9.17, 15) is 0 Å². The summed E-state index contributed by atoms with van der Waals surface area (Å²) in [5.41, 5.74) is 8.68. The maximum absolute atomic E-state index is 8.91. The van der Waals surface area contributed by atoms with Crippen LogP contribution in [0.2, 0.25) is 19.6 Å². The van der Waals surface area contributed by atoms with E-state index in [0.29, 0.717) is 0 Å². The van der Waals surface area contributed by atoms with Crippen LogP contribution in [-0.2, 0) is 26.5 Å². The number of rotatable bonds is 6. The van der Waals surface area contributed by atoms with E-state index in [0.717, 1.165) is 80.4 Å². The van der Waals surface area contributed by atoms with Gasteiger partial charge in [0.25, 0.3) is 0 Å². The van der Waals surface area contributed by atoms with E-state index >= 15 is 0 Å². The molecule has 10 rings (SSSR count). The molecule has 4 heterocycles. The van der Waals surface area contributed by atoms with Gasteiger partial charge in [-0.15, -0.1) is 47.5 Å². The monoisotopic (exact) mass is 943 g/mol. The van der Waals surface area contributed by atoms with E-state index in [4.69, 9.17) is 7.16 Å². The number of pyridine rings is 2. The van der Waals surface area contributed by atoms with Gasteiger partial charge < -0.3 is 14.4 Å². The van der Waals surface area contributed by atoms with Gasteiger partial charge in [-0.3, -0.25) is 0 Å². The van der Waals surface area contributed by atoms with E-state index in [1.165, 1.54) is 38.2 Å². The van der Waals surface area contributed by atoms with E-state index in [2.05, 4.69) is 115 Å². The SMILES string of the molecule is C[Si](C)(C)c1ccc(-c2[c-]cc3oc4ccccc4c3c2)nc1.[2H]C([2H])(c1ccnc(-c2[c-]ccc3c2sc2cc(-c4ccccc4)ccc23)c1)C1CCCCC1.[Ir]. The molecule has 1 fully saturated rings. The molecule has 0 spiro atoms. The van der Waals surface area contributed by atoms with Crippen molar-refractivity contribution in [1.29, 1.82) is 0 Å². The Labute approximate surface area is 351 Å². The zero-order valence-electron chi connectivity index (χ0n) is 33.9. The minimum absolute atomic E-state index is 0. The molecule has 0 atom stereocenters. The van der Waals surface area contributed by atoms with Crippen LogP contribution in [0.1, 0.15) is 40.4 Å². The van der Waals surface area contributed by atoms with Gasteiger partial charge >= 0.3 is 0 Å². The largest absolute Gasteiger partial charge is 0.500 e. The van der Waals surface area contributed by atoms with Crippen LogP contribution < -0.4 is 5.19 Å². The summed E-state index contributed by atoms with van der Waals surface area (Å²) in [7, 11) is -1.31. The Kier molecular flexibility index (Phi) is 10.5. The summed E-state index contributed by atoms with van der Waals surface area (Å²) in [4.78, 5) is 9.32. The molecule has 4 aromatic heterocycles. The first kappa shape index (κ1) is 35.7. The molecule has 0 amide bonds. The quantitative estimate of drug-likeness (QED) is 0.123. The van der Waals surface area contributed by atoms with E-state index in [1.807, 2.05) is 54.7 Å². The van der Waals surface area contributed by atoms with E-state index in [-0.39, 0.29) is 26.0 Å². The second-order valence-electron chi connectivity index (χ2n) is 15.6. The molecule has 0 N–H and O–H groups in total. The van der Waals surface area contributed by atoms with Crippen molar-refractivity contribution in [3.8, 4) is 33.6 Å². The van der Waals surface area contributed by atoms with Crippen LogP contribution >= 0.6 is 11.3 Å². The molecular formula is C50H44IrN2OSSi-2. The van der Waals surface area contributed by atoms with Crippen molar-refractivity contribution in [2.24, 2.45) is 5.92 Å². The Morgan fingerprint density at radius 1 is 0.732 bits per heavy atom. The Hall–Kier alpha value is -4.71. The standard InChI is InChI=1S/C30H26NS.C20H18NOSi.Ir/c1-3-8-21(9-4-1)18-22-16-17-31-28(19-22)27-13-7-12-26-25-15-14-24(20-29(25)32-30(26)27)23-10-5-2-6-11-23;1-23(2,3)15-9-10-18(21-13-15)14-8-11-20-17(12-14)16-6-4-5-7-19(16)22-20;/h2,5-7,10-12,14-17,19-21H,1,3-4,8-9,18H2;4-7,9-13H,1-3H3;/q2*-1;/i18D2;;. The van der Waals surface area contributed by atoms with Crippen LogP contribution in [0.15, 0.2) is 138 Å². The molecule has 6 heteroatoms. The molecule has 1 saturated carbocycles. The molecule has 5 aromatic carbocycles. The average molecular weight is 943 g/mol. The van der Waals surface area contributed by atoms with Crippen molar-refractivity contribution < 1.29 is 27.3 Å². The van der Waals surface area contributed by atoms with Gasteiger partial charge in [-0.25, -0.2) is 0 Å². The number of nitrogens with zero attached hydrogens (tertiary/aromatic N) is 2. The summed E-state index contributed by atoms with van der Waals surface area (Å²) < 4.78 is 26.1. The number of aromatic nitrogens is 2. The summed E-state index contributed by atoms with van der Waals surface area (Å²) >= 11 is 1.77. The van der Waals surface area contributed by atoms with Gasteiger partial charge in [0.15, 0.2) is 0 Å². The molecule has 56 heavy (non-hydrogen) atoms. The predicted molar refractivity (Wildman–Crippen MR) is 236 cm³/mol. The van der Waals surface area contributed by atoms with Crippen LogP contribution in [-0.4, -0.2) is 18.0 Å². The number of hydrogen-bond acceptors (Lipinski definition) is 4. The van der Waals surface area contributed by atoms with Gasteiger partial charge in [0.05, 0.1) is 13.7 Å². The first-order valence-electron chi connectivity index (χ1n) is 20.3. The summed E-state index contributed by atoms with van der Waals surface area (Å²) in [5, 5.41) is 6.07. The van der Waals surface area contributed by atoms with Crippen molar-refractivity contribution in [3.05, 3.63) is 151 Å². The number of hydrogen-bond donors (Lipinski definition) is 0. The topological polar surface area (TPSA) is 38.9 Å². The molecule has 3 nitrogen and oxygen atoms in total. The number of furan rings is 1. The second-order valence-corrected chi connectivity index (χ2v) is 21.7. The fraction of sp³-hybridized carbons (Fsp3) is 0.200. The van der Waals surface area contributed by atoms with Gasteiger partial charge in [-0.2, -0.15) is 11.3 Å². The average Bonchev–Trinajstić information content (AvgIpc) is 3.82.